The number of aliphatic hydroxyl groups is 1. The molecule has 0 aromatic heterocycles. The van der Waals surface area contributed by atoms with Crippen molar-refractivity contribution in [2.75, 3.05) is 19.0 Å². The molecule has 1 aromatic rings. The molecule has 2 amide bonds. The van der Waals surface area contributed by atoms with Gasteiger partial charge in [-0.25, -0.2) is 0 Å². The second-order valence-electron chi connectivity index (χ2n) is 6.44. The van der Waals surface area contributed by atoms with Crippen LogP contribution in [0.2, 0.25) is 0 Å². The number of rotatable bonds is 6. The number of anilines is 1. The van der Waals surface area contributed by atoms with E-state index in [0.29, 0.717) is 11.4 Å². The van der Waals surface area contributed by atoms with Crippen LogP contribution >= 0.6 is 0 Å². The van der Waals surface area contributed by atoms with Gasteiger partial charge in [0.1, 0.15) is 17.4 Å². The van der Waals surface area contributed by atoms with Crippen LogP contribution in [0.3, 0.4) is 0 Å². The van der Waals surface area contributed by atoms with Crippen LogP contribution in [-0.2, 0) is 19.1 Å². The summed E-state index contributed by atoms with van der Waals surface area (Å²) in [6, 6.07) is 5.38. The molecular weight excluding hydrogens is 340 g/mol. The lowest BCUT2D eigenvalue weighted by Crippen LogP contribution is -2.48. The average Bonchev–Trinajstić information content (AvgIpc) is 2.58. The Morgan fingerprint density at radius 1 is 1.31 bits per heavy atom. The molecule has 0 saturated heterocycles. The number of carbonyl (C=O) groups is 3. The van der Waals surface area contributed by atoms with Gasteiger partial charge >= 0.3 is 0 Å². The highest BCUT2D eigenvalue weighted by molar-refractivity contribution is 6.04. The maximum absolute atomic E-state index is 12.3. The van der Waals surface area contributed by atoms with Gasteiger partial charge in [-0.15, -0.1) is 0 Å². The Labute approximate surface area is 151 Å². The largest absolute Gasteiger partial charge is 0.497 e. The molecule has 8 nitrogen and oxygen atoms in total. The SMILES string of the molecule is COc1ccc(NC(=O)C(CO)NC(=O)C2=CC(=O)CC(C)(C)O2)cc1. The Kier molecular flexibility index (Phi) is 5.99. The summed E-state index contributed by atoms with van der Waals surface area (Å²) in [4.78, 5) is 36.2. The summed E-state index contributed by atoms with van der Waals surface area (Å²) < 4.78 is 10.5. The molecule has 0 aliphatic carbocycles. The quantitative estimate of drug-likeness (QED) is 0.689. The summed E-state index contributed by atoms with van der Waals surface area (Å²) in [5.41, 5.74) is -0.327. The van der Waals surface area contributed by atoms with Crippen molar-refractivity contribution in [3.05, 3.63) is 36.1 Å². The first-order chi connectivity index (χ1) is 12.2. The first-order valence-corrected chi connectivity index (χ1v) is 8.04. The van der Waals surface area contributed by atoms with E-state index in [1.807, 2.05) is 0 Å². The van der Waals surface area contributed by atoms with Gasteiger partial charge in [-0.1, -0.05) is 0 Å². The number of allylic oxidation sites excluding steroid dienone is 1. The van der Waals surface area contributed by atoms with Crippen molar-refractivity contribution >= 4 is 23.3 Å². The summed E-state index contributed by atoms with van der Waals surface area (Å²) in [5.74, 6) is -1.14. The Balaban J connectivity index is 2.02. The number of methoxy groups -OCH3 is 1. The van der Waals surface area contributed by atoms with Gasteiger partial charge in [-0.2, -0.15) is 0 Å². The number of ketones is 1. The average molecular weight is 362 g/mol. The maximum Gasteiger partial charge on any atom is 0.287 e. The summed E-state index contributed by atoms with van der Waals surface area (Å²) >= 11 is 0. The molecule has 140 valence electrons. The van der Waals surface area contributed by atoms with Crippen LogP contribution < -0.4 is 15.4 Å². The molecule has 0 bridgehead atoms. The fourth-order valence-electron chi connectivity index (χ4n) is 2.42. The Morgan fingerprint density at radius 3 is 2.50 bits per heavy atom. The van der Waals surface area contributed by atoms with Crippen molar-refractivity contribution < 1.29 is 29.0 Å². The smallest absolute Gasteiger partial charge is 0.287 e. The van der Waals surface area contributed by atoms with Gasteiger partial charge in [0.25, 0.3) is 5.91 Å². The molecule has 8 heteroatoms. The van der Waals surface area contributed by atoms with E-state index in [2.05, 4.69) is 10.6 Å². The number of carbonyl (C=O) groups excluding carboxylic acids is 3. The lowest BCUT2D eigenvalue weighted by atomic mass is 9.98. The van der Waals surface area contributed by atoms with Crippen molar-refractivity contribution in [3.8, 4) is 5.75 Å². The second kappa shape index (κ2) is 8.01. The number of hydrogen-bond acceptors (Lipinski definition) is 6. The number of amides is 2. The Bertz CT molecular complexity index is 724. The molecular formula is C18H22N2O6. The zero-order chi connectivity index (χ0) is 19.3. The Hall–Kier alpha value is -2.87. The molecule has 1 aromatic carbocycles. The normalized spacial score (nSPS) is 16.8. The molecule has 1 atom stereocenters. The first-order valence-electron chi connectivity index (χ1n) is 8.04. The molecule has 0 saturated carbocycles. The number of ether oxygens (including phenoxy) is 2. The van der Waals surface area contributed by atoms with Crippen LogP contribution in [-0.4, -0.2) is 48.1 Å². The van der Waals surface area contributed by atoms with Crippen LogP contribution in [0.1, 0.15) is 20.3 Å². The first kappa shape index (κ1) is 19.5. The van der Waals surface area contributed by atoms with E-state index in [1.54, 1.807) is 38.1 Å². The van der Waals surface area contributed by atoms with Gasteiger partial charge < -0.3 is 25.2 Å². The molecule has 1 unspecified atom stereocenters. The van der Waals surface area contributed by atoms with Gasteiger partial charge in [0.15, 0.2) is 11.5 Å². The van der Waals surface area contributed by atoms with Crippen molar-refractivity contribution in [1.29, 1.82) is 0 Å². The van der Waals surface area contributed by atoms with Crippen LogP contribution in [0.15, 0.2) is 36.1 Å². The lowest BCUT2D eigenvalue weighted by molar-refractivity contribution is -0.133. The monoisotopic (exact) mass is 362 g/mol. The number of nitrogens with one attached hydrogen (secondary N) is 2. The lowest BCUT2D eigenvalue weighted by Gasteiger charge is -2.30. The molecule has 3 N–H and O–H groups in total. The third-order valence-electron chi connectivity index (χ3n) is 3.66. The fourth-order valence-corrected chi connectivity index (χ4v) is 2.42. The molecule has 1 heterocycles. The van der Waals surface area contributed by atoms with Crippen molar-refractivity contribution in [3.63, 3.8) is 0 Å². The van der Waals surface area contributed by atoms with Crippen LogP contribution in [0.25, 0.3) is 0 Å². The minimum absolute atomic E-state index is 0.158. The van der Waals surface area contributed by atoms with Crippen LogP contribution in [0, 0.1) is 0 Å². The highest BCUT2D eigenvalue weighted by Crippen LogP contribution is 2.24. The van der Waals surface area contributed by atoms with E-state index < -0.39 is 30.1 Å². The number of hydrogen-bond donors (Lipinski definition) is 3. The van der Waals surface area contributed by atoms with Crippen LogP contribution in [0.4, 0.5) is 5.69 Å². The minimum Gasteiger partial charge on any atom is -0.497 e. The molecule has 0 radical (unpaired) electrons. The molecule has 2 rings (SSSR count). The minimum atomic E-state index is -1.20. The topological polar surface area (TPSA) is 114 Å². The second-order valence-corrected chi connectivity index (χ2v) is 6.44. The fraction of sp³-hybridized carbons (Fsp3) is 0.389. The molecule has 0 spiro atoms. The van der Waals surface area contributed by atoms with Crippen molar-refractivity contribution in [1.82, 2.24) is 5.32 Å². The van der Waals surface area contributed by atoms with Gasteiger partial charge in [0, 0.05) is 18.2 Å². The van der Waals surface area contributed by atoms with Gasteiger partial charge in [0.05, 0.1) is 13.7 Å². The standard InChI is InChI=1S/C18H22N2O6/c1-18(2)9-12(22)8-15(26-18)17(24)20-14(10-21)16(23)19-11-4-6-13(25-3)7-5-11/h4-8,14,21H,9-10H2,1-3H3,(H,19,23)(H,20,24). The van der Waals surface area contributed by atoms with Gasteiger partial charge in [0.2, 0.25) is 5.91 Å². The summed E-state index contributed by atoms with van der Waals surface area (Å²) in [7, 11) is 1.53. The summed E-state index contributed by atoms with van der Waals surface area (Å²) in [5, 5.41) is 14.4. The highest BCUT2D eigenvalue weighted by atomic mass is 16.5. The number of benzene rings is 1. The van der Waals surface area contributed by atoms with E-state index in [9.17, 15) is 19.5 Å². The van der Waals surface area contributed by atoms with E-state index >= 15 is 0 Å². The zero-order valence-corrected chi connectivity index (χ0v) is 14.9. The third-order valence-corrected chi connectivity index (χ3v) is 3.66. The highest BCUT2D eigenvalue weighted by Gasteiger charge is 2.33. The maximum atomic E-state index is 12.3. The van der Waals surface area contributed by atoms with E-state index in [-0.39, 0.29) is 18.0 Å². The summed E-state index contributed by atoms with van der Waals surface area (Å²) in [6.45, 7) is 2.76. The third kappa shape index (κ3) is 5.06. The van der Waals surface area contributed by atoms with E-state index in [4.69, 9.17) is 9.47 Å². The molecule has 0 fully saturated rings. The summed E-state index contributed by atoms with van der Waals surface area (Å²) in [6.07, 6.45) is 1.25. The Morgan fingerprint density at radius 2 is 1.96 bits per heavy atom. The number of aliphatic hydroxyl groups excluding tert-OH is 1. The predicted octanol–water partition coefficient (Wildman–Crippen LogP) is 0.763. The molecule has 26 heavy (non-hydrogen) atoms. The zero-order valence-electron chi connectivity index (χ0n) is 14.9. The van der Waals surface area contributed by atoms with Crippen molar-refractivity contribution in [2.24, 2.45) is 0 Å². The van der Waals surface area contributed by atoms with Crippen molar-refractivity contribution in [2.45, 2.75) is 31.9 Å². The van der Waals surface area contributed by atoms with Crippen LogP contribution in [0.5, 0.6) is 5.75 Å². The molecule has 1 aliphatic heterocycles. The molecule has 1 aliphatic rings. The van der Waals surface area contributed by atoms with Gasteiger partial charge in [-0.05, 0) is 38.1 Å². The van der Waals surface area contributed by atoms with E-state index in [0.717, 1.165) is 6.08 Å². The van der Waals surface area contributed by atoms with Gasteiger partial charge in [-0.3, -0.25) is 14.4 Å². The van der Waals surface area contributed by atoms with E-state index in [1.165, 1.54) is 7.11 Å². The predicted molar refractivity (Wildman–Crippen MR) is 93.5 cm³/mol.